The summed E-state index contributed by atoms with van der Waals surface area (Å²) in [6.45, 7) is 3.75. The third-order valence-electron chi connectivity index (χ3n) is 5.50. The lowest BCUT2D eigenvalue weighted by Gasteiger charge is -2.23. The highest BCUT2D eigenvalue weighted by Crippen LogP contribution is 2.42. The molecule has 4 atom stereocenters. The van der Waals surface area contributed by atoms with E-state index in [0.29, 0.717) is 23.1 Å². The van der Waals surface area contributed by atoms with Crippen LogP contribution in [0, 0.1) is 11.8 Å². The molecule has 5 heteroatoms. The summed E-state index contributed by atoms with van der Waals surface area (Å²) in [6, 6.07) is 3.59. The van der Waals surface area contributed by atoms with E-state index < -0.39 is 5.97 Å². The van der Waals surface area contributed by atoms with E-state index in [-0.39, 0.29) is 11.5 Å². The largest absolute Gasteiger partial charge is 0.477 e. The maximum Gasteiger partial charge on any atom is 0.345 e. The molecule has 0 radical (unpaired) electrons. The molecule has 0 aliphatic heterocycles. The first-order valence-corrected chi connectivity index (χ1v) is 11.0. The molecule has 0 bridgehead atoms. The van der Waals surface area contributed by atoms with Gasteiger partial charge in [-0.25, -0.2) is 4.79 Å². The number of unbranched alkanes of at least 4 members (excludes halogenated alkanes) is 4. The molecule has 2 N–H and O–H groups in total. The van der Waals surface area contributed by atoms with Crippen LogP contribution in [0.3, 0.4) is 0 Å². The second-order valence-corrected chi connectivity index (χ2v) is 9.12. The molecule has 1 saturated carbocycles. The van der Waals surface area contributed by atoms with Crippen molar-refractivity contribution in [1.29, 1.82) is 0 Å². The Morgan fingerprint density at radius 3 is 2.62 bits per heavy atom. The van der Waals surface area contributed by atoms with Gasteiger partial charge in [-0.1, -0.05) is 25.3 Å². The van der Waals surface area contributed by atoms with Gasteiger partial charge in [-0.3, -0.25) is 0 Å². The number of aliphatic hydroxyl groups is 1. The first kappa shape index (κ1) is 21.5. The predicted molar refractivity (Wildman–Crippen MR) is 109 cm³/mol. The number of carboxylic acid groups (broad SMARTS) is 1. The third-order valence-corrected chi connectivity index (χ3v) is 7.14. The number of allylic oxidation sites excluding steroid dienone is 1. The average Bonchev–Trinajstić information content (AvgIpc) is 3.17. The van der Waals surface area contributed by atoms with Crippen molar-refractivity contribution >= 4 is 28.9 Å². The summed E-state index contributed by atoms with van der Waals surface area (Å²) in [7, 11) is 0. The topological polar surface area (TPSA) is 57.5 Å². The van der Waals surface area contributed by atoms with Crippen LogP contribution < -0.4 is 0 Å². The monoisotopic (exact) mass is 398 g/mol. The fourth-order valence-electron chi connectivity index (χ4n) is 4.10. The normalized spacial score (nSPS) is 25.5. The summed E-state index contributed by atoms with van der Waals surface area (Å²) in [4.78, 5) is 12.5. The lowest BCUT2D eigenvalue weighted by atomic mass is 9.86. The van der Waals surface area contributed by atoms with E-state index in [9.17, 15) is 9.90 Å². The van der Waals surface area contributed by atoms with E-state index in [4.69, 9.17) is 16.7 Å². The van der Waals surface area contributed by atoms with Crippen LogP contribution in [0.15, 0.2) is 24.8 Å². The van der Waals surface area contributed by atoms with Crippen LogP contribution in [0.4, 0.5) is 0 Å². The van der Waals surface area contributed by atoms with Crippen LogP contribution in [0.1, 0.15) is 72.3 Å². The molecule has 146 valence electrons. The first-order valence-electron chi connectivity index (χ1n) is 9.78. The molecule has 1 aromatic rings. The van der Waals surface area contributed by atoms with Crippen LogP contribution in [-0.4, -0.2) is 27.7 Å². The standard InChI is InChI=1S/C21H31ClO3S/c1-2-3-4-5-6-7-10-17-16(18(22)14-19(17)23)11-8-9-15-12-13-20(26-15)21(24)25/h2,12-13,16-19,23H,1,3-11,14H2,(H,24,25). The van der Waals surface area contributed by atoms with Gasteiger partial charge in [-0.15, -0.1) is 29.5 Å². The first-order chi connectivity index (χ1) is 12.5. The lowest BCUT2D eigenvalue weighted by molar-refractivity contribution is 0.0702. The van der Waals surface area contributed by atoms with E-state index in [0.717, 1.165) is 43.4 Å². The molecule has 1 aromatic heterocycles. The van der Waals surface area contributed by atoms with Gasteiger partial charge in [0, 0.05) is 10.3 Å². The second kappa shape index (κ2) is 11.1. The lowest BCUT2D eigenvalue weighted by Crippen LogP contribution is -2.21. The van der Waals surface area contributed by atoms with Crippen molar-refractivity contribution in [2.75, 3.05) is 0 Å². The van der Waals surface area contributed by atoms with Crippen molar-refractivity contribution in [2.24, 2.45) is 11.8 Å². The van der Waals surface area contributed by atoms with Crippen molar-refractivity contribution in [3.05, 3.63) is 34.5 Å². The van der Waals surface area contributed by atoms with Gasteiger partial charge in [0.2, 0.25) is 0 Å². The van der Waals surface area contributed by atoms with Crippen LogP contribution in [0.25, 0.3) is 0 Å². The zero-order chi connectivity index (χ0) is 18.9. The van der Waals surface area contributed by atoms with Gasteiger partial charge in [0.05, 0.1) is 6.10 Å². The molecule has 1 fully saturated rings. The number of halogens is 1. The maximum atomic E-state index is 11.0. The zero-order valence-electron chi connectivity index (χ0n) is 15.4. The van der Waals surface area contributed by atoms with Gasteiger partial charge in [0.1, 0.15) is 4.88 Å². The molecule has 1 aliphatic carbocycles. The molecule has 4 unspecified atom stereocenters. The number of carbonyl (C=O) groups is 1. The van der Waals surface area contributed by atoms with Gasteiger partial charge in [0.25, 0.3) is 0 Å². The molecular weight excluding hydrogens is 368 g/mol. The molecule has 1 heterocycles. The Morgan fingerprint density at radius 2 is 1.92 bits per heavy atom. The minimum atomic E-state index is -0.853. The Labute approximate surface area is 166 Å². The van der Waals surface area contributed by atoms with Crippen molar-refractivity contribution in [3.63, 3.8) is 0 Å². The Bertz CT molecular complexity index is 571. The fraction of sp³-hybridized carbons (Fsp3) is 0.667. The Morgan fingerprint density at radius 1 is 1.19 bits per heavy atom. The number of hydrogen-bond acceptors (Lipinski definition) is 3. The Balaban J connectivity index is 1.75. The molecular formula is C21H31ClO3S. The Hall–Kier alpha value is -0.840. The van der Waals surface area contributed by atoms with E-state index in [2.05, 4.69) is 6.58 Å². The van der Waals surface area contributed by atoms with E-state index in [1.54, 1.807) is 6.07 Å². The average molecular weight is 399 g/mol. The van der Waals surface area contributed by atoms with E-state index in [1.165, 1.54) is 30.6 Å². The molecule has 0 spiro atoms. The van der Waals surface area contributed by atoms with Gasteiger partial charge in [-0.2, -0.15) is 0 Å². The zero-order valence-corrected chi connectivity index (χ0v) is 17.0. The molecule has 0 amide bonds. The molecule has 0 aromatic carbocycles. The summed E-state index contributed by atoms with van der Waals surface area (Å²) in [5, 5.41) is 19.5. The molecule has 1 aliphatic rings. The number of hydrogen-bond donors (Lipinski definition) is 2. The summed E-state index contributed by atoms with van der Waals surface area (Å²) < 4.78 is 0. The van der Waals surface area contributed by atoms with Gasteiger partial charge in [-0.05, 0) is 68.9 Å². The number of aromatic carboxylic acids is 1. The van der Waals surface area contributed by atoms with Crippen LogP contribution in [0.5, 0.6) is 0 Å². The quantitative estimate of drug-likeness (QED) is 0.262. The molecule has 2 rings (SSSR count). The van der Waals surface area contributed by atoms with Crippen molar-refractivity contribution < 1.29 is 15.0 Å². The van der Waals surface area contributed by atoms with Crippen LogP contribution in [-0.2, 0) is 6.42 Å². The van der Waals surface area contributed by atoms with Gasteiger partial charge >= 0.3 is 5.97 Å². The highest BCUT2D eigenvalue weighted by Gasteiger charge is 2.40. The number of thiophene rings is 1. The maximum absolute atomic E-state index is 11.0. The predicted octanol–water partition coefficient (Wildman–Crippen LogP) is 5.90. The number of alkyl halides is 1. The summed E-state index contributed by atoms with van der Waals surface area (Å²) >= 11 is 7.89. The molecule has 3 nitrogen and oxygen atoms in total. The number of rotatable bonds is 12. The van der Waals surface area contributed by atoms with Crippen molar-refractivity contribution in [3.8, 4) is 0 Å². The van der Waals surface area contributed by atoms with E-state index >= 15 is 0 Å². The third kappa shape index (κ3) is 6.40. The minimum absolute atomic E-state index is 0.0636. The summed E-state index contributed by atoms with van der Waals surface area (Å²) in [5.41, 5.74) is 0. The van der Waals surface area contributed by atoms with Gasteiger partial charge in [0.15, 0.2) is 0 Å². The van der Waals surface area contributed by atoms with Crippen molar-refractivity contribution in [2.45, 2.75) is 75.7 Å². The smallest absolute Gasteiger partial charge is 0.345 e. The minimum Gasteiger partial charge on any atom is -0.477 e. The second-order valence-electron chi connectivity index (χ2n) is 7.39. The fourth-order valence-corrected chi connectivity index (χ4v) is 5.48. The molecule has 26 heavy (non-hydrogen) atoms. The summed E-state index contributed by atoms with van der Waals surface area (Å²) in [6.07, 6.45) is 12.3. The molecule has 0 saturated heterocycles. The number of aryl methyl sites for hydroxylation is 1. The van der Waals surface area contributed by atoms with Gasteiger partial charge < -0.3 is 10.2 Å². The SMILES string of the molecule is C=CCCCCCCC1C(O)CC(Cl)C1CCCc1ccc(C(=O)O)s1. The highest BCUT2D eigenvalue weighted by molar-refractivity contribution is 7.13. The number of aliphatic hydroxyl groups excluding tert-OH is 1. The summed E-state index contributed by atoms with van der Waals surface area (Å²) in [5.74, 6) is -0.164. The Kier molecular flexibility index (Phi) is 9.17. The van der Waals surface area contributed by atoms with Crippen LogP contribution >= 0.6 is 22.9 Å². The van der Waals surface area contributed by atoms with E-state index in [1.807, 2.05) is 12.1 Å². The highest BCUT2D eigenvalue weighted by atomic mass is 35.5. The number of carboxylic acids is 1. The van der Waals surface area contributed by atoms with Crippen LogP contribution in [0.2, 0.25) is 0 Å². The van der Waals surface area contributed by atoms with Crippen molar-refractivity contribution in [1.82, 2.24) is 0 Å².